The molecule has 1 fully saturated rings. The van der Waals surface area contributed by atoms with E-state index in [-0.39, 0.29) is 49.2 Å². The van der Waals surface area contributed by atoms with Crippen LogP contribution in [0.15, 0.2) is 12.7 Å². The minimum Gasteiger partial charge on any atom is -0.368 e. The second kappa shape index (κ2) is 9.92. The lowest BCUT2D eigenvalue weighted by atomic mass is 10.1. The molecule has 9 nitrogen and oxygen atoms in total. The predicted molar refractivity (Wildman–Crippen MR) is 95.9 cm³/mol. The molecule has 1 aliphatic heterocycles. The Morgan fingerprint density at radius 2 is 2.08 bits per heavy atom. The highest BCUT2D eigenvalue weighted by Crippen LogP contribution is 2.21. The molecular weight excluding hydrogens is 346 g/mol. The molecule has 1 heterocycles. The zero-order chi connectivity index (χ0) is 19.0. The normalized spacial score (nSPS) is 19.2. The highest BCUT2D eigenvalue weighted by Gasteiger charge is 2.41. The van der Waals surface area contributed by atoms with Gasteiger partial charge in [-0.15, -0.1) is 6.58 Å². The predicted octanol–water partition coefficient (Wildman–Crippen LogP) is -1.25. The number of thioether (sulfide) groups is 1. The number of rotatable bonds is 8. The van der Waals surface area contributed by atoms with E-state index in [4.69, 9.17) is 5.73 Å². The summed E-state index contributed by atoms with van der Waals surface area (Å²) in [6.45, 7) is 3.84. The summed E-state index contributed by atoms with van der Waals surface area (Å²) in [5, 5.41) is 5.33. The van der Waals surface area contributed by atoms with Gasteiger partial charge in [0, 0.05) is 20.1 Å². The molecule has 25 heavy (non-hydrogen) atoms. The fraction of sp³-hybridized carbons (Fsp3) is 0.600. The molecule has 0 aliphatic carbocycles. The van der Waals surface area contributed by atoms with E-state index in [1.165, 1.54) is 28.6 Å². The van der Waals surface area contributed by atoms with Crippen LogP contribution in [0.2, 0.25) is 0 Å². The third kappa shape index (κ3) is 6.29. The minimum atomic E-state index is -0.728. The fourth-order valence-corrected chi connectivity index (χ4v) is 3.04. The van der Waals surface area contributed by atoms with Crippen LogP contribution in [-0.2, 0) is 14.4 Å². The zero-order valence-corrected chi connectivity index (χ0v) is 15.3. The summed E-state index contributed by atoms with van der Waals surface area (Å²) in [5.74, 6) is -0.953. The molecular formula is C15H25N5O4S. The molecule has 1 rings (SSSR count). The molecule has 0 spiro atoms. The van der Waals surface area contributed by atoms with Gasteiger partial charge in [0.05, 0.1) is 18.3 Å². The van der Waals surface area contributed by atoms with Crippen molar-refractivity contribution in [3.8, 4) is 0 Å². The molecule has 5 amide bonds. The third-order valence-corrected chi connectivity index (χ3v) is 4.22. The van der Waals surface area contributed by atoms with E-state index >= 15 is 0 Å². The molecule has 140 valence electrons. The number of nitrogens with zero attached hydrogens (tertiary/aromatic N) is 2. The number of urea groups is 1. The summed E-state index contributed by atoms with van der Waals surface area (Å²) in [6.07, 6.45) is 3.62. The van der Waals surface area contributed by atoms with Gasteiger partial charge in [-0.25, -0.2) is 4.79 Å². The van der Waals surface area contributed by atoms with Crippen molar-refractivity contribution < 1.29 is 19.2 Å². The largest absolute Gasteiger partial charge is 0.368 e. The van der Waals surface area contributed by atoms with E-state index in [1.54, 1.807) is 12.3 Å². The van der Waals surface area contributed by atoms with Crippen LogP contribution in [0.3, 0.4) is 0 Å². The molecule has 4 N–H and O–H groups in total. The van der Waals surface area contributed by atoms with Crippen molar-refractivity contribution in [2.45, 2.75) is 18.5 Å². The summed E-state index contributed by atoms with van der Waals surface area (Å²) in [7, 11) is 1.46. The summed E-state index contributed by atoms with van der Waals surface area (Å²) in [5.41, 5.74) is 5.12. The molecule has 0 radical (unpaired) electrons. The summed E-state index contributed by atoms with van der Waals surface area (Å²) < 4.78 is 0. The van der Waals surface area contributed by atoms with Crippen LogP contribution < -0.4 is 16.4 Å². The zero-order valence-electron chi connectivity index (χ0n) is 14.5. The molecule has 0 aromatic heterocycles. The first-order chi connectivity index (χ1) is 11.8. The van der Waals surface area contributed by atoms with Gasteiger partial charge >= 0.3 is 6.03 Å². The van der Waals surface area contributed by atoms with Gasteiger partial charge in [0.15, 0.2) is 0 Å². The molecule has 10 heteroatoms. The number of amides is 5. The van der Waals surface area contributed by atoms with Crippen LogP contribution >= 0.6 is 11.8 Å². The van der Waals surface area contributed by atoms with Gasteiger partial charge in [0.2, 0.25) is 17.7 Å². The van der Waals surface area contributed by atoms with Crippen molar-refractivity contribution in [1.29, 1.82) is 0 Å². The maximum atomic E-state index is 12.6. The van der Waals surface area contributed by atoms with Gasteiger partial charge < -0.3 is 26.2 Å². The molecule has 0 saturated carbocycles. The number of nitrogens with one attached hydrogen (secondary N) is 2. The quantitative estimate of drug-likeness (QED) is 0.460. The van der Waals surface area contributed by atoms with E-state index in [2.05, 4.69) is 17.2 Å². The summed E-state index contributed by atoms with van der Waals surface area (Å²) >= 11 is 1.35. The van der Waals surface area contributed by atoms with Crippen molar-refractivity contribution in [1.82, 2.24) is 20.4 Å². The van der Waals surface area contributed by atoms with Crippen molar-refractivity contribution >= 4 is 35.5 Å². The highest BCUT2D eigenvalue weighted by molar-refractivity contribution is 7.99. The number of carbonyl (C=O) groups is 4. The Labute approximate surface area is 151 Å². The molecule has 1 saturated heterocycles. The average Bonchev–Trinajstić information content (AvgIpc) is 2.95. The summed E-state index contributed by atoms with van der Waals surface area (Å²) in [4.78, 5) is 50.4. The second-order valence-electron chi connectivity index (χ2n) is 5.73. The van der Waals surface area contributed by atoms with Crippen LogP contribution in [0.1, 0.15) is 6.42 Å². The topological polar surface area (TPSA) is 125 Å². The number of likely N-dealkylation sites (tertiary alicyclic amines) is 1. The number of likely N-dealkylation sites (N-methyl/N-ethyl adjacent to an activating group) is 1. The van der Waals surface area contributed by atoms with Gasteiger partial charge in [-0.05, 0) is 12.7 Å². The van der Waals surface area contributed by atoms with E-state index in [0.717, 1.165) is 0 Å². The Hall–Kier alpha value is -2.23. The average molecular weight is 371 g/mol. The van der Waals surface area contributed by atoms with Crippen molar-refractivity contribution in [3.05, 3.63) is 12.7 Å². The lowest BCUT2D eigenvalue weighted by molar-refractivity contribution is -0.142. The van der Waals surface area contributed by atoms with Gasteiger partial charge in [-0.3, -0.25) is 14.4 Å². The van der Waals surface area contributed by atoms with Crippen molar-refractivity contribution in [3.63, 3.8) is 0 Å². The van der Waals surface area contributed by atoms with Crippen LogP contribution in [-0.4, -0.2) is 84.3 Å². The molecule has 0 aromatic rings. The Balaban J connectivity index is 2.81. The Kier molecular flexibility index (Phi) is 8.26. The van der Waals surface area contributed by atoms with Crippen molar-refractivity contribution in [2.24, 2.45) is 5.73 Å². The maximum absolute atomic E-state index is 12.6. The highest BCUT2D eigenvalue weighted by atomic mass is 32.2. The van der Waals surface area contributed by atoms with Crippen LogP contribution in [0.25, 0.3) is 0 Å². The first kappa shape index (κ1) is 20.8. The second-order valence-corrected chi connectivity index (χ2v) is 6.60. The van der Waals surface area contributed by atoms with Gasteiger partial charge in [0.1, 0.15) is 6.04 Å². The molecule has 2 unspecified atom stereocenters. The monoisotopic (exact) mass is 371 g/mol. The van der Waals surface area contributed by atoms with Gasteiger partial charge in [-0.2, -0.15) is 11.8 Å². The van der Waals surface area contributed by atoms with Crippen LogP contribution in [0.4, 0.5) is 4.79 Å². The number of nitrogens with two attached hydrogens (primary N) is 1. The maximum Gasteiger partial charge on any atom is 0.315 e. The Morgan fingerprint density at radius 1 is 1.40 bits per heavy atom. The van der Waals surface area contributed by atoms with E-state index < -0.39 is 11.9 Å². The lowest BCUT2D eigenvalue weighted by Gasteiger charge is -2.27. The molecule has 2 atom stereocenters. The Bertz CT molecular complexity index is 542. The number of hydrogen-bond acceptors (Lipinski definition) is 5. The van der Waals surface area contributed by atoms with Gasteiger partial charge in [-0.1, -0.05) is 6.08 Å². The lowest BCUT2D eigenvalue weighted by Crippen LogP contribution is -2.48. The Morgan fingerprint density at radius 3 is 2.64 bits per heavy atom. The van der Waals surface area contributed by atoms with Crippen LogP contribution in [0, 0.1) is 0 Å². The molecule has 0 bridgehead atoms. The summed E-state index contributed by atoms with van der Waals surface area (Å²) in [6, 6.07) is -1.47. The SMILES string of the molecule is C=CCNC(=O)NC1CC(C(=O)N(C)CC(N)=O)N(C(=O)CSC)C1. The third-order valence-electron chi connectivity index (χ3n) is 3.69. The molecule has 1 aliphatic rings. The number of hydrogen-bond donors (Lipinski definition) is 3. The van der Waals surface area contributed by atoms with Crippen molar-refractivity contribution in [2.75, 3.05) is 38.7 Å². The van der Waals surface area contributed by atoms with E-state index in [9.17, 15) is 19.2 Å². The molecule has 0 aromatic carbocycles. The standard InChI is InChI=1S/C15H25N5O4S/c1-4-5-17-15(24)18-10-6-11(14(23)19(2)8-12(16)21)20(7-10)13(22)9-25-3/h4,10-11H,1,5-9H2,2-3H3,(H2,16,21)(H2,17,18,24). The smallest absolute Gasteiger partial charge is 0.315 e. The minimum absolute atomic E-state index is 0.186. The first-order valence-electron chi connectivity index (χ1n) is 7.77. The van der Waals surface area contributed by atoms with E-state index in [1.807, 2.05) is 0 Å². The van der Waals surface area contributed by atoms with Gasteiger partial charge in [0.25, 0.3) is 0 Å². The fourth-order valence-electron chi connectivity index (χ4n) is 2.62. The first-order valence-corrected chi connectivity index (χ1v) is 9.16. The number of primary amides is 1. The number of carbonyl (C=O) groups excluding carboxylic acids is 4. The van der Waals surface area contributed by atoms with E-state index in [0.29, 0.717) is 6.54 Å². The van der Waals surface area contributed by atoms with Crippen LogP contribution in [0.5, 0.6) is 0 Å².